The lowest BCUT2D eigenvalue weighted by Crippen LogP contribution is -2.58. The number of aliphatic carboxylic acids is 2. The van der Waals surface area contributed by atoms with Crippen molar-refractivity contribution in [3.05, 3.63) is 29.8 Å². The molecule has 1 aromatic carbocycles. The third kappa shape index (κ3) is 9.78. The number of amides is 3. The number of carboxylic acid groups (broad SMARTS) is 2. The van der Waals surface area contributed by atoms with Gasteiger partial charge in [0.2, 0.25) is 17.7 Å². The van der Waals surface area contributed by atoms with Gasteiger partial charge in [-0.3, -0.25) is 24.0 Å². The van der Waals surface area contributed by atoms with E-state index >= 15 is 0 Å². The number of carbonyl (C=O) groups is 5. The van der Waals surface area contributed by atoms with E-state index in [9.17, 15) is 29.1 Å². The first-order valence-electron chi connectivity index (χ1n) is 9.94. The number of aromatic hydroxyl groups is 1. The van der Waals surface area contributed by atoms with Crippen LogP contribution in [-0.2, 0) is 30.4 Å². The molecule has 0 saturated heterocycles. The van der Waals surface area contributed by atoms with Crippen molar-refractivity contribution in [2.75, 3.05) is 5.75 Å². The molecule has 182 valence electrons. The normalized spacial score (nSPS) is 14.3. The van der Waals surface area contributed by atoms with E-state index in [1.165, 1.54) is 31.2 Å². The zero-order valence-electron chi connectivity index (χ0n) is 17.9. The maximum Gasteiger partial charge on any atom is 0.325 e. The topological polar surface area (TPSA) is 208 Å². The van der Waals surface area contributed by atoms with Crippen molar-refractivity contribution in [1.29, 1.82) is 0 Å². The fraction of sp³-hybridized carbons (Fsp3) is 0.450. The average Bonchev–Trinajstić information content (AvgIpc) is 2.76. The van der Waals surface area contributed by atoms with Crippen molar-refractivity contribution in [3.63, 3.8) is 0 Å². The van der Waals surface area contributed by atoms with Gasteiger partial charge in [0, 0.05) is 18.6 Å². The van der Waals surface area contributed by atoms with E-state index < -0.39 is 53.8 Å². The largest absolute Gasteiger partial charge is 0.508 e. The quantitative estimate of drug-likeness (QED) is 0.155. The zero-order chi connectivity index (χ0) is 25.1. The number of hydrogen-bond acceptors (Lipinski definition) is 8. The van der Waals surface area contributed by atoms with Gasteiger partial charge in [-0.25, -0.2) is 0 Å². The van der Waals surface area contributed by atoms with E-state index in [2.05, 4.69) is 28.6 Å². The Morgan fingerprint density at radius 2 is 1.48 bits per heavy atom. The summed E-state index contributed by atoms with van der Waals surface area (Å²) in [4.78, 5) is 59.3. The number of thiol groups is 1. The van der Waals surface area contributed by atoms with Crippen LogP contribution in [0.5, 0.6) is 5.75 Å². The summed E-state index contributed by atoms with van der Waals surface area (Å²) in [5.74, 6) is -4.85. The molecule has 12 nitrogen and oxygen atoms in total. The minimum absolute atomic E-state index is 0.000346. The summed E-state index contributed by atoms with van der Waals surface area (Å²) < 4.78 is 0. The van der Waals surface area contributed by atoms with Crippen molar-refractivity contribution >= 4 is 42.3 Å². The summed E-state index contributed by atoms with van der Waals surface area (Å²) in [6.07, 6.45) is -0.500. The fourth-order valence-corrected chi connectivity index (χ4v) is 2.87. The van der Waals surface area contributed by atoms with Crippen LogP contribution in [0.25, 0.3) is 0 Å². The van der Waals surface area contributed by atoms with Crippen molar-refractivity contribution in [1.82, 2.24) is 16.0 Å². The van der Waals surface area contributed by atoms with Crippen LogP contribution in [0.15, 0.2) is 24.3 Å². The second kappa shape index (κ2) is 13.3. The summed E-state index contributed by atoms with van der Waals surface area (Å²) >= 11 is 4.03. The highest BCUT2D eigenvalue weighted by Crippen LogP contribution is 2.12. The van der Waals surface area contributed by atoms with E-state index in [1.54, 1.807) is 0 Å². The molecule has 13 heteroatoms. The van der Waals surface area contributed by atoms with Gasteiger partial charge in [-0.1, -0.05) is 12.1 Å². The van der Waals surface area contributed by atoms with Gasteiger partial charge >= 0.3 is 11.9 Å². The van der Waals surface area contributed by atoms with Gasteiger partial charge in [0.05, 0.1) is 6.04 Å². The Bertz CT molecular complexity index is 864. The first kappa shape index (κ1) is 27.7. The van der Waals surface area contributed by atoms with Crippen molar-refractivity contribution in [3.8, 4) is 5.75 Å². The number of benzene rings is 1. The molecule has 0 aromatic heterocycles. The monoisotopic (exact) mass is 484 g/mol. The maximum absolute atomic E-state index is 12.7. The standard InChI is InChI=1S/C20H28N4O8S/c1-10(20(31)32)22-18(29)14(8-11-2-4-12(25)5-3-11)23-19(30)15(9-33)24-17(28)13(21)6-7-16(26)27/h2-5,10,13-15,25,33H,6-9,21H2,1H3,(H,22,29)(H,23,30)(H,24,28)(H,26,27)(H,31,32). The Balaban J connectivity index is 2.93. The molecule has 0 bridgehead atoms. The molecular formula is C20H28N4O8S. The molecule has 1 rings (SSSR count). The van der Waals surface area contributed by atoms with Crippen LogP contribution in [0.3, 0.4) is 0 Å². The van der Waals surface area contributed by atoms with E-state index in [0.717, 1.165) is 0 Å². The molecule has 0 aliphatic carbocycles. The molecule has 0 radical (unpaired) electrons. The van der Waals surface area contributed by atoms with Gasteiger partial charge in [0.15, 0.2) is 0 Å². The number of carboxylic acids is 2. The SMILES string of the molecule is CC(NC(=O)C(Cc1ccc(O)cc1)NC(=O)C(CS)NC(=O)C(N)CCC(=O)O)C(=O)O. The predicted octanol–water partition coefficient (Wildman–Crippen LogP) is -1.38. The molecule has 1 aromatic rings. The maximum atomic E-state index is 12.7. The molecule has 0 heterocycles. The molecule has 0 saturated carbocycles. The third-order valence-electron chi connectivity index (χ3n) is 4.56. The lowest BCUT2D eigenvalue weighted by Gasteiger charge is -2.24. The number of phenolic OH excluding ortho intramolecular Hbond substituents is 1. The molecule has 33 heavy (non-hydrogen) atoms. The summed E-state index contributed by atoms with van der Waals surface area (Å²) in [7, 11) is 0. The third-order valence-corrected chi connectivity index (χ3v) is 4.93. The van der Waals surface area contributed by atoms with E-state index in [-0.39, 0.29) is 30.8 Å². The second-order valence-corrected chi connectivity index (χ2v) is 7.65. The molecule has 4 atom stereocenters. The van der Waals surface area contributed by atoms with Crippen LogP contribution < -0.4 is 21.7 Å². The summed E-state index contributed by atoms with van der Waals surface area (Å²) in [6.45, 7) is 1.26. The second-order valence-electron chi connectivity index (χ2n) is 7.28. The number of rotatable bonds is 13. The molecule has 0 aliphatic rings. The molecule has 0 aliphatic heterocycles. The Kier molecular flexibility index (Phi) is 11.2. The minimum atomic E-state index is -1.27. The van der Waals surface area contributed by atoms with Gasteiger partial charge in [-0.15, -0.1) is 0 Å². The number of phenols is 1. The number of carbonyl (C=O) groups excluding carboxylic acids is 3. The molecule has 0 spiro atoms. The minimum Gasteiger partial charge on any atom is -0.508 e. The Morgan fingerprint density at radius 1 is 0.939 bits per heavy atom. The number of nitrogens with two attached hydrogens (primary N) is 1. The average molecular weight is 485 g/mol. The summed E-state index contributed by atoms with van der Waals surface area (Å²) in [5.41, 5.74) is 6.21. The van der Waals surface area contributed by atoms with Crippen molar-refractivity contribution < 1.29 is 39.3 Å². The molecule has 8 N–H and O–H groups in total. The van der Waals surface area contributed by atoms with Crippen LogP contribution in [-0.4, -0.2) is 74.9 Å². The first-order valence-corrected chi connectivity index (χ1v) is 10.6. The molecular weight excluding hydrogens is 456 g/mol. The van der Waals surface area contributed by atoms with E-state index in [4.69, 9.17) is 15.9 Å². The zero-order valence-corrected chi connectivity index (χ0v) is 18.7. The van der Waals surface area contributed by atoms with Gasteiger partial charge in [-0.2, -0.15) is 12.6 Å². The highest BCUT2D eigenvalue weighted by atomic mass is 32.1. The van der Waals surface area contributed by atoms with Crippen LogP contribution in [0.4, 0.5) is 0 Å². The first-order chi connectivity index (χ1) is 15.4. The number of nitrogens with one attached hydrogen (secondary N) is 3. The summed E-state index contributed by atoms with van der Waals surface area (Å²) in [6, 6.07) is 1.06. The van der Waals surface area contributed by atoms with Crippen LogP contribution in [0.2, 0.25) is 0 Å². The van der Waals surface area contributed by atoms with Crippen molar-refractivity contribution in [2.24, 2.45) is 5.73 Å². The predicted molar refractivity (Wildman–Crippen MR) is 120 cm³/mol. The van der Waals surface area contributed by atoms with E-state index in [1.807, 2.05) is 0 Å². The molecule has 0 fully saturated rings. The molecule has 3 amide bonds. The lowest BCUT2D eigenvalue weighted by atomic mass is 10.0. The number of hydrogen-bond donors (Lipinski definition) is 8. The summed E-state index contributed by atoms with van der Waals surface area (Å²) in [5, 5.41) is 34.2. The molecule has 4 unspecified atom stereocenters. The fourth-order valence-electron chi connectivity index (χ4n) is 2.61. The van der Waals surface area contributed by atoms with Crippen molar-refractivity contribution in [2.45, 2.75) is 50.4 Å². The highest BCUT2D eigenvalue weighted by Gasteiger charge is 2.29. The van der Waals surface area contributed by atoms with E-state index in [0.29, 0.717) is 5.56 Å². The van der Waals surface area contributed by atoms with Crippen LogP contribution >= 0.6 is 12.6 Å². The smallest absolute Gasteiger partial charge is 0.325 e. The lowest BCUT2D eigenvalue weighted by molar-refractivity contribution is -0.142. The van der Waals surface area contributed by atoms with Crippen LogP contribution in [0, 0.1) is 0 Å². The Hall–Kier alpha value is -3.32. The van der Waals surface area contributed by atoms with Gasteiger partial charge in [0.25, 0.3) is 0 Å². The van der Waals surface area contributed by atoms with Gasteiger partial charge in [0.1, 0.15) is 23.9 Å². The van der Waals surface area contributed by atoms with Crippen LogP contribution in [0.1, 0.15) is 25.3 Å². The Morgan fingerprint density at radius 3 is 2.00 bits per heavy atom. The van der Waals surface area contributed by atoms with Gasteiger partial charge in [-0.05, 0) is 31.0 Å². The van der Waals surface area contributed by atoms with Gasteiger partial charge < -0.3 is 37.0 Å². The Labute approximate surface area is 195 Å². The highest BCUT2D eigenvalue weighted by molar-refractivity contribution is 7.80.